The standard InChI is InChI=1S/C22H19ClN2O/c1-16-7-5-6-10-21(16)26-15-22-24-19-12-11-18(23)13-20(19)25(22)14-17-8-3-2-4-9-17/h2-13H,14-15H2,1H3. The maximum atomic E-state index is 6.22. The SMILES string of the molecule is Cc1ccccc1OCc1nc2ccc(Cl)cc2n1Cc1ccccc1. The lowest BCUT2D eigenvalue weighted by Gasteiger charge is -2.12. The van der Waals surface area contributed by atoms with Crippen molar-refractivity contribution in [2.45, 2.75) is 20.1 Å². The largest absolute Gasteiger partial charge is 0.485 e. The first-order chi connectivity index (χ1) is 12.7. The monoisotopic (exact) mass is 362 g/mol. The third kappa shape index (κ3) is 3.44. The van der Waals surface area contributed by atoms with E-state index >= 15 is 0 Å². The van der Waals surface area contributed by atoms with Crippen LogP contribution in [-0.2, 0) is 13.2 Å². The average Bonchev–Trinajstić information content (AvgIpc) is 2.99. The fourth-order valence-corrected chi connectivity index (χ4v) is 3.23. The predicted molar refractivity (Wildman–Crippen MR) is 106 cm³/mol. The molecule has 26 heavy (non-hydrogen) atoms. The molecule has 130 valence electrons. The number of fused-ring (bicyclic) bond motifs is 1. The third-order valence-electron chi connectivity index (χ3n) is 4.42. The Labute approximate surface area is 157 Å². The van der Waals surface area contributed by atoms with Crippen molar-refractivity contribution in [3.63, 3.8) is 0 Å². The molecule has 0 saturated heterocycles. The van der Waals surface area contributed by atoms with Gasteiger partial charge in [0.25, 0.3) is 0 Å². The Balaban J connectivity index is 1.71. The first kappa shape index (κ1) is 16.7. The minimum Gasteiger partial charge on any atom is -0.485 e. The topological polar surface area (TPSA) is 27.1 Å². The first-order valence-corrected chi connectivity index (χ1v) is 8.95. The van der Waals surface area contributed by atoms with E-state index in [0.29, 0.717) is 11.6 Å². The molecule has 4 rings (SSSR count). The highest BCUT2D eigenvalue weighted by molar-refractivity contribution is 6.31. The molecule has 4 aromatic rings. The van der Waals surface area contributed by atoms with Crippen LogP contribution in [0.15, 0.2) is 72.8 Å². The second-order valence-corrected chi connectivity index (χ2v) is 6.72. The molecule has 1 aromatic heterocycles. The summed E-state index contributed by atoms with van der Waals surface area (Å²) in [7, 11) is 0. The van der Waals surface area contributed by atoms with Crippen LogP contribution in [0.3, 0.4) is 0 Å². The molecule has 0 radical (unpaired) electrons. The number of nitrogens with zero attached hydrogens (tertiary/aromatic N) is 2. The Morgan fingerprint density at radius 2 is 1.73 bits per heavy atom. The molecule has 0 unspecified atom stereocenters. The number of halogens is 1. The number of hydrogen-bond acceptors (Lipinski definition) is 2. The molecule has 0 fully saturated rings. The van der Waals surface area contributed by atoms with Crippen molar-refractivity contribution >= 4 is 22.6 Å². The smallest absolute Gasteiger partial charge is 0.148 e. The molecule has 0 N–H and O–H groups in total. The molecule has 4 heteroatoms. The van der Waals surface area contributed by atoms with Crippen LogP contribution in [0, 0.1) is 6.92 Å². The average molecular weight is 363 g/mol. The minimum atomic E-state index is 0.407. The molecule has 0 aliphatic rings. The Hall–Kier alpha value is -2.78. The lowest BCUT2D eigenvalue weighted by Crippen LogP contribution is -2.08. The van der Waals surface area contributed by atoms with Crippen molar-refractivity contribution in [3.05, 3.63) is 94.8 Å². The number of hydrogen-bond donors (Lipinski definition) is 0. The second kappa shape index (κ2) is 7.22. The summed E-state index contributed by atoms with van der Waals surface area (Å²) in [6.07, 6.45) is 0. The van der Waals surface area contributed by atoms with Gasteiger partial charge in [-0.3, -0.25) is 0 Å². The Morgan fingerprint density at radius 3 is 2.54 bits per heavy atom. The van der Waals surface area contributed by atoms with Gasteiger partial charge in [0.05, 0.1) is 11.0 Å². The Bertz CT molecular complexity index is 1040. The van der Waals surface area contributed by atoms with Crippen molar-refractivity contribution in [2.24, 2.45) is 0 Å². The van der Waals surface area contributed by atoms with Gasteiger partial charge in [-0.25, -0.2) is 4.98 Å². The molecule has 1 heterocycles. The van der Waals surface area contributed by atoms with Gasteiger partial charge in [0.1, 0.15) is 18.2 Å². The number of para-hydroxylation sites is 1. The van der Waals surface area contributed by atoms with Crippen molar-refractivity contribution in [1.29, 1.82) is 0 Å². The van der Waals surface area contributed by atoms with Crippen molar-refractivity contribution in [1.82, 2.24) is 9.55 Å². The molecule has 0 aliphatic heterocycles. The molecular formula is C22H19ClN2O. The Morgan fingerprint density at radius 1 is 0.962 bits per heavy atom. The Kier molecular flexibility index (Phi) is 4.63. The van der Waals surface area contributed by atoms with E-state index in [-0.39, 0.29) is 0 Å². The van der Waals surface area contributed by atoms with Gasteiger partial charge in [-0.1, -0.05) is 60.1 Å². The zero-order valence-electron chi connectivity index (χ0n) is 14.5. The fraction of sp³-hybridized carbons (Fsp3) is 0.136. The molecule has 0 spiro atoms. The van der Waals surface area contributed by atoms with Gasteiger partial charge < -0.3 is 9.30 Å². The number of aryl methyl sites for hydroxylation is 1. The quantitative estimate of drug-likeness (QED) is 0.460. The summed E-state index contributed by atoms with van der Waals surface area (Å²) in [5.41, 5.74) is 4.27. The second-order valence-electron chi connectivity index (χ2n) is 6.29. The molecule has 0 aliphatic carbocycles. The maximum absolute atomic E-state index is 6.22. The van der Waals surface area contributed by atoms with Gasteiger partial charge in [-0.05, 0) is 42.3 Å². The number of ether oxygens (including phenoxy) is 1. The van der Waals surface area contributed by atoms with E-state index in [1.165, 1.54) is 5.56 Å². The van der Waals surface area contributed by atoms with E-state index in [4.69, 9.17) is 21.3 Å². The zero-order valence-corrected chi connectivity index (χ0v) is 15.3. The summed E-state index contributed by atoms with van der Waals surface area (Å²) in [4.78, 5) is 4.77. The number of aromatic nitrogens is 2. The molecular weight excluding hydrogens is 344 g/mol. The lowest BCUT2D eigenvalue weighted by atomic mass is 10.2. The highest BCUT2D eigenvalue weighted by atomic mass is 35.5. The first-order valence-electron chi connectivity index (χ1n) is 8.58. The van der Waals surface area contributed by atoms with E-state index in [9.17, 15) is 0 Å². The fourth-order valence-electron chi connectivity index (χ4n) is 3.06. The number of imidazole rings is 1. The van der Waals surface area contributed by atoms with Gasteiger partial charge in [-0.15, -0.1) is 0 Å². The van der Waals surface area contributed by atoms with Crippen LogP contribution in [-0.4, -0.2) is 9.55 Å². The van der Waals surface area contributed by atoms with Crippen LogP contribution >= 0.6 is 11.6 Å². The molecule has 0 saturated carbocycles. The van der Waals surface area contributed by atoms with Gasteiger partial charge in [0.15, 0.2) is 0 Å². The highest BCUT2D eigenvalue weighted by Crippen LogP contribution is 2.24. The van der Waals surface area contributed by atoms with E-state index in [0.717, 1.165) is 34.7 Å². The van der Waals surface area contributed by atoms with Crippen LogP contribution in [0.5, 0.6) is 5.75 Å². The summed E-state index contributed by atoms with van der Waals surface area (Å²) < 4.78 is 8.22. The zero-order chi connectivity index (χ0) is 17.9. The van der Waals surface area contributed by atoms with Gasteiger partial charge in [0.2, 0.25) is 0 Å². The number of rotatable bonds is 5. The van der Waals surface area contributed by atoms with Crippen molar-refractivity contribution < 1.29 is 4.74 Å². The predicted octanol–water partition coefficient (Wildman–Crippen LogP) is 5.63. The van der Waals surface area contributed by atoms with E-state index < -0.39 is 0 Å². The van der Waals surface area contributed by atoms with E-state index in [2.05, 4.69) is 16.7 Å². The molecule has 0 amide bonds. The summed E-state index contributed by atoms with van der Waals surface area (Å²) in [5, 5.41) is 0.707. The number of benzene rings is 3. The van der Waals surface area contributed by atoms with Crippen LogP contribution in [0.25, 0.3) is 11.0 Å². The van der Waals surface area contributed by atoms with E-state index in [1.807, 2.05) is 67.6 Å². The van der Waals surface area contributed by atoms with Gasteiger partial charge >= 0.3 is 0 Å². The maximum Gasteiger partial charge on any atom is 0.148 e. The molecule has 0 atom stereocenters. The van der Waals surface area contributed by atoms with Crippen LogP contribution < -0.4 is 4.74 Å². The van der Waals surface area contributed by atoms with E-state index in [1.54, 1.807) is 0 Å². The van der Waals surface area contributed by atoms with Gasteiger partial charge in [-0.2, -0.15) is 0 Å². The normalized spacial score (nSPS) is 11.0. The molecule has 3 aromatic carbocycles. The highest BCUT2D eigenvalue weighted by Gasteiger charge is 2.13. The lowest BCUT2D eigenvalue weighted by molar-refractivity contribution is 0.289. The minimum absolute atomic E-state index is 0.407. The summed E-state index contributed by atoms with van der Waals surface area (Å²) in [6.45, 7) is 3.18. The third-order valence-corrected chi connectivity index (χ3v) is 4.66. The summed E-state index contributed by atoms with van der Waals surface area (Å²) >= 11 is 6.22. The van der Waals surface area contributed by atoms with Crippen molar-refractivity contribution in [2.75, 3.05) is 0 Å². The van der Waals surface area contributed by atoms with Gasteiger partial charge in [0, 0.05) is 11.6 Å². The summed E-state index contributed by atoms with van der Waals surface area (Å²) in [6, 6.07) is 24.1. The molecule has 0 bridgehead atoms. The van der Waals surface area contributed by atoms with Crippen LogP contribution in [0.4, 0.5) is 0 Å². The summed E-state index contributed by atoms with van der Waals surface area (Å²) in [5.74, 6) is 1.76. The van der Waals surface area contributed by atoms with Crippen molar-refractivity contribution in [3.8, 4) is 5.75 Å². The van der Waals surface area contributed by atoms with Crippen LogP contribution in [0.2, 0.25) is 5.02 Å². The molecule has 3 nitrogen and oxygen atoms in total. The van der Waals surface area contributed by atoms with Crippen LogP contribution in [0.1, 0.15) is 17.0 Å².